The lowest BCUT2D eigenvalue weighted by Gasteiger charge is -2.20. The van der Waals surface area contributed by atoms with Crippen LogP contribution < -0.4 is 10.9 Å². The van der Waals surface area contributed by atoms with Crippen molar-refractivity contribution < 1.29 is 9.47 Å². The van der Waals surface area contributed by atoms with Gasteiger partial charge in [-0.3, -0.25) is 4.79 Å². The van der Waals surface area contributed by atoms with Crippen molar-refractivity contribution in [2.45, 2.75) is 26.8 Å². The largest absolute Gasteiger partial charge is 0.382 e. The van der Waals surface area contributed by atoms with Gasteiger partial charge >= 0.3 is 0 Å². The Labute approximate surface area is 159 Å². The van der Waals surface area contributed by atoms with Gasteiger partial charge in [0.2, 0.25) is 0 Å². The van der Waals surface area contributed by atoms with Crippen molar-refractivity contribution in [3.8, 4) is 0 Å². The van der Waals surface area contributed by atoms with Crippen LogP contribution in [0.4, 0.5) is 11.5 Å². The SMILES string of the molecule is COCC(COC)n1cc(C)nc(Nc2c(C)cc(C=S)cc2C)c1=O. The van der Waals surface area contributed by atoms with E-state index in [0.29, 0.717) is 13.2 Å². The molecule has 0 amide bonds. The average Bonchev–Trinajstić information content (AvgIpc) is 2.60. The van der Waals surface area contributed by atoms with E-state index in [9.17, 15) is 4.79 Å². The van der Waals surface area contributed by atoms with E-state index in [1.165, 1.54) is 0 Å². The van der Waals surface area contributed by atoms with Gasteiger partial charge in [0.25, 0.3) is 5.56 Å². The van der Waals surface area contributed by atoms with Crippen molar-refractivity contribution in [3.05, 3.63) is 51.1 Å². The van der Waals surface area contributed by atoms with E-state index >= 15 is 0 Å². The second-order valence-electron chi connectivity index (χ2n) is 6.28. The van der Waals surface area contributed by atoms with Crippen molar-refractivity contribution >= 4 is 29.1 Å². The molecule has 0 saturated carbocycles. The molecule has 1 heterocycles. The van der Waals surface area contributed by atoms with E-state index in [4.69, 9.17) is 21.7 Å². The third-order valence-electron chi connectivity index (χ3n) is 4.10. The molecule has 0 bridgehead atoms. The number of aromatic nitrogens is 2. The molecule has 140 valence electrons. The molecule has 0 spiro atoms. The molecule has 0 radical (unpaired) electrons. The van der Waals surface area contributed by atoms with Crippen molar-refractivity contribution in [2.75, 3.05) is 32.8 Å². The predicted molar refractivity (Wildman–Crippen MR) is 108 cm³/mol. The third-order valence-corrected chi connectivity index (χ3v) is 4.37. The second-order valence-corrected chi connectivity index (χ2v) is 6.52. The topological polar surface area (TPSA) is 65.4 Å². The van der Waals surface area contributed by atoms with Gasteiger partial charge in [-0.05, 0) is 49.6 Å². The van der Waals surface area contributed by atoms with Gasteiger partial charge < -0.3 is 19.4 Å². The molecule has 0 atom stereocenters. The number of aryl methyl sites for hydroxylation is 3. The minimum absolute atomic E-state index is 0.215. The fourth-order valence-electron chi connectivity index (χ4n) is 2.96. The zero-order valence-electron chi connectivity index (χ0n) is 15.8. The summed E-state index contributed by atoms with van der Waals surface area (Å²) in [6.45, 7) is 6.55. The maximum Gasteiger partial charge on any atom is 0.294 e. The highest BCUT2D eigenvalue weighted by atomic mass is 32.1. The van der Waals surface area contributed by atoms with E-state index in [-0.39, 0.29) is 17.4 Å². The molecule has 1 N–H and O–H groups in total. The Bertz CT molecular complexity index is 819. The Balaban J connectivity index is 2.48. The molecule has 2 aromatic rings. The number of hydrogen-bond donors (Lipinski definition) is 1. The van der Waals surface area contributed by atoms with E-state index in [0.717, 1.165) is 28.1 Å². The molecule has 0 aliphatic rings. The van der Waals surface area contributed by atoms with Gasteiger partial charge in [-0.15, -0.1) is 0 Å². The number of methoxy groups -OCH3 is 2. The van der Waals surface area contributed by atoms with Crippen LogP contribution in [0.2, 0.25) is 0 Å². The number of ether oxygens (including phenoxy) is 2. The summed E-state index contributed by atoms with van der Waals surface area (Å²) >= 11 is 5.01. The lowest BCUT2D eigenvalue weighted by molar-refractivity contribution is 0.0878. The molecule has 0 fully saturated rings. The highest BCUT2D eigenvalue weighted by Crippen LogP contribution is 2.24. The minimum Gasteiger partial charge on any atom is -0.382 e. The summed E-state index contributed by atoms with van der Waals surface area (Å²) in [4.78, 5) is 17.4. The standard InChI is InChI=1S/C19H25N3O3S/c1-12-6-15(11-26)7-13(2)17(12)21-18-19(23)22(8-14(3)20-18)16(9-24-4)10-25-5/h6-8,11,16H,9-10H2,1-5H3,(H,20,21). The highest BCUT2D eigenvalue weighted by Gasteiger charge is 2.17. The summed E-state index contributed by atoms with van der Waals surface area (Å²) in [6, 6.07) is 3.74. The molecule has 1 aromatic heterocycles. The van der Waals surface area contributed by atoms with Crippen molar-refractivity contribution in [1.82, 2.24) is 9.55 Å². The molecule has 0 aliphatic carbocycles. The number of anilines is 2. The zero-order valence-corrected chi connectivity index (χ0v) is 16.6. The highest BCUT2D eigenvalue weighted by molar-refractivity contribution is 7.79. The molecule has 6 nitrogen and oxygen atoms in total. The maximum absolute atomic E-state index is 13.0. The number of hydrogen-bond acceptors (Lipinski definition) is 6. The van der Waals surface area contributed by atoms with E-state index in [2.05, 4.69) is 10.3 Å². The minimum atomic E-state index is -0.223. The van der Waals surface area contributed by atoms with Crippen LogP contribution in [0.25, 0.3) is 0 Å². The lowest BCUT2D eigenvalue weighted by Crippen LogP contribution is -2.32. The quantitative estimate of drug-likeness (QED) is 0.715. The normalized spacial score (nSPS) is 11.0. The molecule has 0 unspecified atom stereocenters. The predicted octanol–water partition coefficient (Wildman–Crippen LogP) is 3.09. The summed E-state index contributed by atoms with van der Waals surface area (Å²) in [5.41, 5.74) is 4.35. The van der Waals surface area contributed by atoms with Gasteiger partial charge in [0, 0.05) is 31.5 Å². The van der Waals surface area contributed by atoms with Gasteiger partial charge in [-0.2, -0.15) is 0 Å². The number of nitrogens with one attached hydrogen (secondary N) is 1. The Morgan fingerprint density at radius 3 is 2.27 bits per heavy atom. The molecular formula is C19H25N3O3S. The van der Waals surface area contributed by atoms with Crippen LogP contribution in [0.1, 0.15) is 28.4 Å². The third kappa shape index (κ3) is 4.55. The van der Waals surface area contributed by atoms with Crippen LogP contribution in [0, 0.1) is 20.8 Å². The van der Waals surface area contributed by atoms with E-state index < -0.39 is 0 Å². The van der Waals surface area contributed by atoms with Gasteiger partial charge in [-0.25, -0.2) is 4.98 Å². The van der Waals surface area contributed by atoms with Crippen LogP contribution in [-0.4, -0.2) is 42.4 Å². The van der Waals surface area contributed by atoms with Crippen molar-refractivity contribution in [1.29, 1.82) is 0 Å². The average molecular weight is 375 g/mol. The molecule has 26 heavy (non-hydrogen) atoms. The van der Waals surface area contributed by atoms with Crippen LogP contribution in [0.5, 0.6) is 0 Å². The van der Waals surface area contributed by atoms with Gasteiger partial charge in [-0.1, -0.05) is 12.2 Å². The Morgan fingerprint density at radius 1 is 1.19 bits per heavy atom. The Morgan fingerprint density at radius 2 is 1.77 bits per heavy atom. The molecular weight excluding hydrogens is 350 g/mol. The van der Waals surface area contributed by atoms with E-state index in [1.807, 2.05) is 32.9 Å². The first-order chi connectivity index (χ1) is 12.4. The first kappa shape index (κ1) is 20.2. The van der Waals surface area contributed by atoms with Gasteiger partial charge in [0.1, 0.15) is 0 Å². The Hall–Kier alpha value is -2.09. The summed E-state index contributed by atoms with van der Waals surface area (Å²) < 4.78 is 12.1. The van der Waals surface area contributed by atoms with Crippen molar-refractivity contribution in [3.63, 3.8) is 0 Å². The molecule has 2 rings (SSSR count). The zero-order chi connectivity index (χ0) is 19.3. The summed E-state index contributed by atoms with van der Waals surface area (Å²) in [5, 5.41) is 4.85. The number of rotatable bonds is 8. The first-order valence-electron chi connectivity index (χ1n) is 8.32. The molecule has 7 heteroatoms. The number of benzene rings is 1. The van der Waals surface area contributed by atoms with Crippen LogP contribution in [0.15, 0.2) is 23.1 Å². The fourth-order valence-corrected chi connectivity index (χ4v) is 3.10. The van der Waals surface area contributed by atoms with Gasteiger partial charge in [0.05, 0.1) is 24.9 Å². The smallest absolute Gasteiger partial charge is 0.294 e. The summed E-state index contributed by atoms with van der Waals surface area (Å²) in [6.07, 6.45) is 1.73. The second kappa shape index (κ2) is 9.02. The first-order valence-corrected chi connectivity index (χ1v) is 8.79. The number of thiocarbonyl (C=S) groups is 1. The Kier molecular flexibility index (Phi) is 7.02. The molecule has 0 saturated heterocycles. The fraction of sp³-hybridized carbons (Fsp3) is 0.421. The summed E-state index contributed by atoms with van der Waals surface area (Å²) in [7, 11) is 3.21. The van der Waals surface area contributed by atoms with Crippen molar-refractivity contribution in [2.24, 2.45) is 0 Å². The van der Waals surface area contributed by atoms with Crippen LogP contribution >= 0.6 is 12.2 Å². The summed E-state index contributed by atoms with van der Waals surface area (Å²) in [5.74, 6) is 0.281. The monoisotopic (exact) mass is 375 g/mol. The molecule has 0 aliphatic heterocycles. The molecule has 1 aromatic carbocycles. The maximum atomic E-state index is 13.0. The van der Waals surface area contributed by atoms with Gasteiger partial charge in [0.15, 0.2) is 5.82 Å². The van der Waals surface area contributed by atoms with Crippen LogP contribution in [0.3, 0.4) is 0 Å². The van der Waals surface area contributed by atoms with E-state index in [1.54, 1.807) is 30.4 Å². The van der Waals surface area contributed by atoms with Crippen LogP contribution in [-0.2, 0) is 9.47 Å². The lowest BCUT2D eigenvalue weighted by atomic mass is 10.1. The number of nitrogens with zero attached hydrogens (tertiary/aromatic N) is 2.